The lowest BCUT2D eigenvalue weighted by molar-refractivity contribution is 0.0984. The molecular formula is C17H19O2P. The van der Waals surface area contributed by atoms with E-state index in [1.165, 1.54) is 0 Å². The van der Waals surface area contributed by atoms with Gasteiger partial charge in [-0.15, -0.1) is 0 Å². The number of rotatable bonds is 3. The average Bonchev–Trinajstić information content (AvgIpc) is 2.56. The van der Waals surface area contributed by atoms with Gasteiger partial charge < -0.3 is 9.30 Å². The topological polar surface area (TPSA) is 26.3 Å². The SMILES string of the molecule is O=P(c1ccccc1)(c1ccccc1)C1CCOCC1. The Balaban J connectivity index is 2.10. The zero-order valence-electron chi connectivity index (χ0n) is 11.4. The Bertz CT molecular complexity index is 545. The molecule has 0 atom stereocenters. The van der Waals surface area contributed by atoms with Crippen LogP contribution < -0.4 is 10.6 Å². The van der Waals surface area contributed by atoms with Crippen LogP contribution in [0, 0.1) is 0 Å². The van der Waals surface area contributed by atoms with E-state index in [1.807, 2.05) is 60.7 Å². The Labute approximate surface area is 120 Å². The van der Waals surface area contributed by atoms with Gasteiger partial charge in [0, 0.05) is 29.5 Å². The van der Waals surface area contributed by atoms with Crippen LogP contribution in [0.2, 0.25) is 0 Å². The fraction of sp³-hybridized carbons (Fsp3) is 0.294. The minimum absolute atomic E-state index is 0.195. The summed E-state index contributed by atoms with van der Waals surface area (Å²) in [4.78, 5) is 0. The smallest absolute Gasteiger partial charge is 0.146 e. The molecule has 1 saturated heterocycles. The van der Waals surface area contributed by atoms with Crippen molar-refractivity contribution in [2.45, 2.75) is 18.5 Å². The maximum Gasteiger partial charge on any atom is 0.146 e. The first-order valence-corrected chi connectivity index (χ1v) is 8.88. The lowest BCUT2D eigenvalue weighted by Crippen LogP contribution is -2.30. The summed E-state index contributed by atoms with van der Waals surface area (Å²) < 4.78 is 19.4. The Morgan fingerprint density at radius 2 is 1.25 bits per heavy atom. The highest BCUT2D eigenvalue weighted by molar-refractivity contribution is 7.79. The number of benzene rings is 2. The summed E-state index contributed by atoms with van der Waals surface area (Å²) in [6.07, 6.45) is 1.75. The van der Waals surface area contributed by atoms with Crippen molar-refractivity contribution < 1.29 is 9.30 Å². The Morgan fingerprint density at radius 3 is 1.70 bits per heavy atom. The molecule has 2 nitrogen and oxygen atoms in total. The first-order valence-electron chi connectivity index (χ1n) is 7.10. The maximum atomic E-state index is 13.9. The molecule has 1 aliphatic heterocycles. The van der Waals surface area contributed by atoms with Crippen molar-refractivity contribution in [3.63, 3.8) is 0 Å². The molecule has 0 saturated carbocycles. The normalized spacial score (nSPS) is 17.0. The summed E-state index contributed by atoms with van der Waals surface area (Å²) in [5.41, 5.74) is 0.195. The molecule has 1 fully saturated rings. The van der Waals surface area contributed by atoms with Gasteiger partial charge >= 0.3 is 0 Å². The molecule has 0 spiro atoms. The molecular weight excluding hydrogens is 267 g/mol. The third-order valence-corrected chi connectivity index (χ3v) is 7.66. The Morgan fingerprint density at radius 1 is 0.800 bits per heavy atom. The van der Waals surface area contributed by atoms with Crippen LogP contribution in [0.3, 0.4) is 0 Å². The molecule has 2 aromatic carbocycles. The molecule has 20 heavy (non-hydrogen) atoms. The third kappa shape index (κ3) is 2.46. The largest absolute Gasteiger partial charge is 0.381 e. The van der Waals surface area contributed by atoms with E-state index in [4.69, 9.17) is 4.74 Å². The van der Waals surface area contributed by atoms with E-state index in [9.17, 15) is 4.57 Å². The highest BCUT2D eigenvalue weighted by atomic mass is 31.2. The monoisotopic (exact) mass is 286 g/mol. The van der Waals surface area contributed by atoms with Gasteiger partial charge in [0.2, 0.25) is 0 Å². The van der Waals surface area contributed by atoms with Crippen LogP contribution in [0.5, 0.6) is 0 Å². The van der Waals surface area contributed by atoms with Crippen LogP contribution in [0.4, 0.5) is 0 Å². The highest BCUT2D eigenvalue weighted by Gasteiger charge is 2.37. The first-order chi connectivity index (χ1) is 9.82. The molecule has 104 valence electrons. The van der Waals surface area contributed by atoms with Gasteiger partial charge in [-0.2, -0.15) is 0 Å². The second kappa shape index (κ2) is 5.95. The molecule has 0 unspecified atom stereocenters. The number of hydrogen-bond acceptors (Lipinski definition) is 2. The van der Waals surface area contributed by atoms with Crippen molar-refractivity contribution in [3.8, 4) is 0 Å². The summed E-state index contributed by atoms with van der Waals surface area (Å²) in [5.74, 6) is 0. The molecule has 0 amide bonds. The first kappa shape index (κ1) is 13.6. The standard InChI is InChI=1S/C17H19O2P/c18-20(15-7-3-1-4-8-15,16-9-5-2-6-10-16)17-11-13-19-14-12-17/h1-10,17H,11-14H2. The molecule has 0 bridgehead atoms. The van der Waals surface area contributed by atoms with E-state index in [-0.39, 0.29) is 5.66 Å². The quantitative estimate of drug-likeness (QED) is 0.810. The maximum absolute atomic E-state index is 13.9. The molecule has 0 aromatic heterocycles. The van der Waals surface area contributed by atoms with Crippen LogP contribution in [0.25, 0.3) is 0 Å². The van der Waals surface area contributed by atoms with Gasteiger partial charge in [0.1, 0.15) is 7.14 Å². The van der Waals surface area contributed by atoms with Gasteiger partial charge in [-0.05, 0) is 12.8 Å². The van der Waals surface area contributed by atoms with Crippen LogP contribution in [-0.2, 0) is 9.30 Å². The summed E-state index contributed by atoms with van der Waals surface area (Å²) in [6.45, 7) is 1.43. The second-order valence-corrected chi connectivity index (χ2v) is 8.25. The fourth-order valence-corrected chi connectivity index (χ4v) is 6.23. The van der Waals surface area contributed by atoms with Gasteiger partial charge in [-0.1, -0.05) is 60.7 Å². The predicted octanol–water partition coefficient (Wildman–Crippen LogP) is 3.18. The van der Waals surface area contributed by atoms with Gasteiger partial charge in [-0.3, -0.25) is 0 Å². The fourth-order valence-electron chi connectivity index (χ4n) is 2.92. The van der Waals surface area contributed by atoms with Crippen molar-refractivity contribution >= 4 is 17.8 Å². The molecule has 1 heterocycles. The molecule has 2 aromatic rings. The molecule has 0 N–H and O–H groups in total. The van der Waals surface area contributed by atoms with Gasteiger partial charge in [-0.25, -0.2) is 0 Å². The van der Waals surface area contributed by atoms with Crippen LogP contribution >= 0.6 is 7.14 Å². The van der Waals surface area contributed by atoms with Crippen molar-refractivity contribution in [1.29, 1.82) is 0 Å². The summed E-state index contributed by atoms with van der Waals surface area (Å²) in [6, 6.07) is 19.9. The minimum Gasteiger partial charge on any atom is -0.381 e. The molecule has 3 rings (SSSR count). The summed E-state index contributed by atoms with van der Waals surface area (Å²) >= 11 is 0. The zero-order valence-corrected chi connectivity index (χ0v) is 12.3. The van der Waals surface area contributed by atoms with Crippen molar-refractivity contribution in [2.75, 3.05) is 13.2 Å². The van der Waals surface area contributed by atoms with E-state index in [1.54, 1.807) is 0 Å². The van der Waals surface area contributed by atoms with Crippen molar-refractivity contribution in [1.82, 2.24) is 0 Å². The van der Waals surface area contributed by atoms with E-state index < -0.39 is 7.14 Å². The van der Waals surface area contributed by atoms with E-state index >= 15 is 0 Å². The van der Waals surface area contributed by atoms with Crippen LogP contribution in [-0.4, -0.2) is 18.9 Å². The Hall–Kier alpha value is -1.37. The molecule has 3 heteroatoms. The lowest BCUT2D eigenvalue weighted by Gasteiger charge is -2.31. The lowest BCUT2D eigenvalue weighted by atomic mass is 10.2. The Kier molecular flexibility index (Phi) is 4.05. The van der Waals surface area contributed by atoms with Gasteiger partial charge in [0.05, 0.1) is 0 Å². The average molecular weight is 286 g/mol. The van der Waals surface area contributed by atoms with E-state index in [0.717, 1.165) is 23.5 Å². The molecule has 0 aliphatic carbocycles. The van der Waals surface area contributed by atoms with Crippen LogP contribution in [0.15, 0.2) is 60.7 Å². The second-order valence-electron chi connectivity index (χ2n) is 5.17. The third-order valence-electron chi connectivity index (χ3n) is 3.98. The summed E-state index contributed by atoms with van der Waals surface area (Å²) in [5, 5.41) is 1.94. The number of hydrogen-bond donors (Lipinski definition) is 0. The number of ether oxygens (including phenoxy) is 1. The predicted molar refractivity (Wildman–Crippen MR) is 83.6 cm³/mol. The zero-order chi connectivity index (χ0) is 13.8. The molecule has 0 radical (unpaired) electrons. The highest BCUT2D eigenvalue weighted by Crippen LogP contribution is 2.51. The minimum atomic E-state index is -2.58. The van der Waals surface area contributed by atoms with Gasteiger partial charge in [0.25, 0.3) is 0 Å². The van der Waals surface area contributed by atoms with Crippen molar-refractivity contribution in [2.24, 2.45) is 0 Å². The van der Waals surface area contributed by atoms with Crippen molar-refractivity contribution in [3.05, 3.63) is 60.7 Å². The van der Waals surface area contributed by atoms with E-state index in [2.05, 4.69) is 0 Å². The van der Waals surface area contributed by atoms with E-state index in [0.29, 0.717) is 13.2 Å². The summed E-state index contributed by atoms with van der Waals surface area (Å²) in [7, 11) is -2.58. The van der Waals surface area contributed by atoms with Gasteiger partial charge in [0.15, 0.2) is 0 Å². The van der Waals surface area contributed by atoms with Crippen LogP contribution in [0.1, 0.15) is 12.8 Å². The molecule has 1 aliphatic rings.